The Labute approximate surface area is 204 Å². The summed E-state index contributed by atoms with van der Waals surface area (Å²) in [6.45, 7) is 9.12. The normalized spacial score (nSPS) is 16.6. The number of aryl methyl sites for hydroxylation is 1. The number of benzene rings is 2. The van der Waals surface area contributed by atoms with Gasteiger partial charge in [-0.15, -0.1) is 0 Å². The van der Waals surface area contributed by atoms with Crippen LogP contribution in [0.1, 0.15) is 49.8 Å². The van der Waals surface area contributed by atoms with Gasteiger partial charge in [-0.3, -0.25) is 10.2 Å². The predicted molar refractivity (Wildman–Crippen MR) is 138 cm³/mol. The summed E-state index contributed by atoms with van der Waals surface area (Å²) < 4.78 is 11.9. The van der Waals surface area contributed by atoms with Crippen molar-refractivity contribution in [1.82, 2.24) is 5.01 Å². The van der Waals surface area contributed by atoms with Crippen molar-refractivity contribution in [2.24, 2.45) is 10.1 Å². The van der Waals surface area contributed by atoms with Gasteiger partial charge in [0, 0.05) is 0 Å². The lowest BCUT2D eigenvalue weighted by molar-refractivity contribution is -0.114. The number of amidine groups is 2. The van der Waals surface area contributed by atoms with Crippen LogP contribution >= 0.6 is 11.8 Å². The summed E-state index contributed by atoms with van der Waals surface area (Å²) in [6.07, 6.45) is 2.38. The van der Waals surface area contributed by atoms with E-state index in [4.69, 9.17) is 14.9 Å². The Balaban J connectivity index is 1.41. The number of hydrogen-bond donors (Lipinski definition) is 1. The van der Waals surface area contributed by atoms with Gasteiger partial charge in [0.25, 0.3) is 5.91 Å². The second kappa shape index (κ2) is 10.3. The van der Waals surface area contributed by atoms with E-state index in [1.54, 1.807) is 6.08 Å². The maximum atomic E-state index is 12.5. The van der Waals surface area contributed by atoms with Crippen molar-refractivity contribution in [1.29, 1.82) is 5.41 Å². The lowest BCUT2D eigenvalue weighted by atomic mass is 10.0. The fourth-order valence-electron chi connectivity index (χ4n) is 3.59. The SMILES string of the molecule is CCC1=NN2C(=N)/C(=C\c3cccc(OCCOc4cc(C)ccc4C(C)C)c3)C(=O)N=C2S1. The van der Waals surface area contributed by atoms with Gasteiger partial charge in [-0.05, 0) is 72.0 Å². The number of nitrogens with one attached hydrogen (secondary N) is 1. The van der Waals surface area contributed by atoms with E-state index in [1.165, 1.54) is 22.3 Å². The zero-order chi connectivity index (χ0) is 24.2. The van der Waals surface area contributed by atoms with E-state index in [1.807, 2.05) is 38.1 Å². The number of aliphatic imine (C=N–C) groups is 1. The molecule has 0 spiro atoms. The number of fused-ring (bicyclic) bond motifs is 1. The van der Waals surface area contributed by atoms with Gasteiger partial charge in [0.05, 0.1) is 5.57 Å². The number of rotatable bonds is 8. The number of hydrogen-bond acceptors (Lipinski definition) is 6. The third-order valence-electron chi connectivity index (χ3n) is 5.37. The number of nitrogens with zero attached hydrogens (tertiary/aromatic N) is 3. The molecule has 0 aromatic heterocycles. The van der Waals surface area contributed by atoms with Gasteiger partial charge in [0.2, 0.25) is 5.17 Å². The number of hydrazone groups is 1. The van der Waals surface area contributed by atoms with Gasteiger partial charge in [-0.25, -0.2) is 0 Å². The Morgan fingerprint density at radius 2 is 1.94 bits per heavy atom. The Kier molecular flexibility index (Phi) is 7.17. The second-order valence-corrected chi connectivity index (χ2v) is 9.37. The second-order valence-electron chi connectivity index (χ2n) is 8.33. The van der Waals surface area contributed by atoms with Gasteiger partial charge in [0.1, 0.15) is 29.8 Å². The van der Waals surface area contributed by atoms with Crippen LogP contribution < -0.4 is 9.47 Å². The monoisotopic (exact) mass is 476 g/mol. The highest BCUT2D eigenvalue weighted by Gasteiger charge is 2.35. The molecule has 34 heavy (non-hydrogen) atoms. The number of carbonyl (C=O) groups excluding carboxylic acids is 1. The highest BCUT2D eigenvalue weighted by molar-refractivity contribution is 8.26. The number of carbonyl (C=O) groups is 1. The molecule has 2 aromatic carbocycles. The van der Waals surface area contributed by atoms with Crippen LogP contribution in [0.4, 0.5) is 0 Å². The summed E-state index contributed by atoms with van der Waals surface area (Å²) in [4.78, 5) is 16.6. The molecule has 8 heteroatoms. The van der Waals surface area contributed by atoms with Gasteiger partial charge in [0.15, 0.2) is 5.84 Å². The first kappa shape index (κ1) is 23.8. The molecule has 2 heterocycles. The van der Waals surface area contributed by atoms with E-state index >= 15 is 0 Å². The minimum atomic E-state index is -0.435. The molecular formula is C26H28N4O3S. The minimum absolute atomic E-state index is 0.0322. The third kappa shape index (κ3) is 5.22. The van der Waals surface area contributed by atoms with Crippen molar-refractivity contribution in [2.75, 3.05) is 13.2 Å². The van der Waals surface area contributed by atoms with E-state index < -0.39 is 5.91 Å². The maximum Gasteiger partial charge on any atom is 0.283 e. The van der Waals surface area contributed by atoms with Crippen LogP contribution in [-0.4, -0.2) is 40.2 Å². The van der Waals surface area contributed by atoms with Crippen molar-refractivity contribution in [3.05, 3.63) is 64.7 Å². The van der Waals surface area contributed by atoms with E-state index in [2.05, 4.69) is 42.1 Å². The molecule has 0 saturated carbocycles. The molecule has 0 fully saturated rings. The zero-order valence-corrected chi connectivity index (χ0v) is 20.6. The van der Waals surface area contributed by atoms with Crippen LogP contribution in [0.15, 0.2) is 58.1 Å². The van der Waals surface area contributed by atoms with Crippen molar-refractivity contribution in [3.8, 4) is 11.5 Å². The molecule has 0 aliphatic carbocycles. The molecule has 176 valence electrons. The van der Waals surface area contributed by atoms with Crippen LogP contribution in [0, 0.1) is 12.3 Å². The molecule has 2 aliphatic rings. The quantitative estimate of drug-likeness (QED) is 0.395. The third-order valence-corrected chi connectivity index (χ3v) is 6.42. The fourth-order valence-corrected chi connectivity index (χ4v) is 4.41. The lowest BCUT2D eigenvalue weighted by Crippen LogP contribution is -2.35. The van der Waals surface area contributed by atoms with E-state index in [0.29, 0.717) is 30.0 Å². The van der Waals surface area contributed by atoms with Crippen molar-refractivity contribution in [3.63, 3.8) is 0 Å². The molecule has 0 atom stereocenters. The van der Waals surface area contributed by atoms with Crippen LogP contribution in [-0.2, 0) is 4.79 Å². The average molecular weight is 477 g/mol. The van der Waals surface area contributed by atoms with Crippen LogP contribution in [0.3, 0.4) is 0 Å². The summed E-state index contributed by atoms with van der Waals surface area (Å²) in [5.74, 6) is 1.52. The summed E-state index contributed by atoms with van der Waals surface area (Å²) in [5.41, 5.74) is 3.28. The molecule has 4 rings (SSSR count). The summed E-state index contributed by atoms with van der Waals surface area (Å²) in [6, 6.07) is 13.7. The van der Waals surface area contributed by atoms with Gasteiger partial charge >= 0.3 is 0 Å². The molecule has 0 saturated heterocycles. The Hall–Kier alpha value is -3.39. The Morgan fingerprint density at radius 1 is 1.15 bits per heavy atom. The Bertz CT molecular complexity index is 1220. The molecule has 0 radical (unpaired) electrons. The molecule has 1 N–H and O–H groups in total. The van der Waals surface area contributed by atoms with E-state index in [9.17, 15) is 4.79 Å². The summed E-state index contributed by atoms with van der Waals surface area (Å²) in [5, 5.41) is 15.5. The topological polar surface area (TPSA) is 87.3 Å². The molecule has 0 unspecified atom stereocenters. The van der Waals surface area contributed by atoms with Crippen molar-refractivity contribution >= 4 is 39.8 Å². The molecule has 1 amide bonds. The maximum absolute atomic E-state index is 12.5. The molecular weight excluding hydrogens is 448 g/mol. The van der Waals surface area contributed by atoms with Gasteiger partial charge < -0.3 is 9.47 Å². The summed E-state index contributed by atoms with van der Waals surface area (Å²) in [7, 11) is 0. The largest absolute Gasteiger partial charge is 0.490 e. The fraction of sp³-hybridized carbons (Fsp3) is 0.308. The molecule has 2 aliphatic heterocycles. The first-order valence-corrected chi connectivity index (χ1v) is 12.1. The smallest absolute Gasteiger partial charge is 0.283 e. The van der Waals surface area contributed by atoms with Crippen LogP contribution in [0.5, 0.6) is 11.5 Å². The number of ether oxygens (including phenoxy) is 2. The standard InChI is InChI=1S/C26H28N4O3S/c1-5-23-29-30-24(27)21(25(31)28-26(30)34-23)15-18-7-6-8-19(14-18)32-11-12-33-22-13-17(4)9-10-20(22)16(2)3/h6-10,13-16,27H,5,11-12H2,1-4H3/b21-15+,27-24?. The highest BCUT2D eigenvalue weighted by atomic mass is 32.2. The number of amides is 1. The average Bonchev–Trinajstić information content (AvgIpc) is 3.23. The highest BCUT2D eigenvalue weighted by Crippen LogP contribution is 2.30. The predicted octanol–water partition coefficient (Wildman–Crippen LogP) is 5.61. The van der Waals surface area contributed by atoms with Crippen LogP contribution in [0.25, 0.3) is 6.08 Å². The first-order chi connectivity index (χ1) is 16.4. The zero-order valence-electron chi connectivity index (χ0n) is 19.8. The molecule has 2 aromatic rings. The van der Waals surface area contributed by atoms with Gasteiger partial charge in [-0.1, -0.05) is 45.0 Å². The molecule has 7 nitrogen and oxygen atoms in total. The van der Waals surface area contributed by atoms with Crippen molar-refractivity contribution < 1.29 is 14.3 Å². The summed E-state index contributed by atoms with van der Waals surface area (Å²) >= 11 is 1.33. The van der Waals surface area contributed by atoms with E-state index in [0.717, 1.165) is 28.3 Å². The Morgan fingerprint density at radius 3 is 2.71 bits per heavy atom. The molecule has 0 bridgehead atoms. The lowest BCUT2D eigenvalue weighted by Gasteiger charge is -2.20. The van der Waals surface area contributed by atoms with Gasteiger partial charge in [-0.2, -0.15) is 15.1 Å². The van der Waals surface area contributed by atoms with Crippen LogP contribution in [0.2, 0.25) is 0 Å². The van der Waals surface area contributed by atoms with E-state index in [-0.39, 0.29) is 11.4 Å². The number of thioether (sulfide) groups is 1. The first-order valence-electron chi connectivity index (χ1n) is 11.3. The van der Waals surface area contributed by atoms with Crippen molar-refractivity contribution in [2.45, 2.75) is 40.0 Å². The minimum Gasteiger partial charge on any atom is -0.490 e.